The van der Waals surface area contributed by atoms with Crippen molar-refractivity contribution >= 4 is 0 Å². The molecule has 2 atom stereocenters. The molecule has 1 N–H and O–H groups in total. The van der Waals surface area contributed by atoms with Crippen LogP contribution in [0.4, 0.5) is 0 Å². The van der Waals surface area contributed by atoms with Crippen molar-refractivity contribution in [1.82, 2.24) is 5.32 Å². The first kappa shape index (κ1) is 21.1. The van der Waals surface area contributed by atoms with Crippen LogP contribution in [-0.4, -0.2) is 43.2 Å². The Morgan fingerprint density at radius 3 is 2.40 bits per heavy atom. The number of piperazine rings is 1. The Morgan fingerprint density at radius 2 is 1.80 bits per heavy atom. The molecule has 2 aromatic carbocycles. The van der Waals surface area contributed by atoms with Crippen LogP contribution in [0.3, 0.4) is 0 Å². The molecule has 3 nitrogen and oxygen atoms in total. The molecule has 6 rings (SSSR count). The van der Waals surface area contributed by atoms with Crippen molar-refractivity contribution in [3.8, 4) is 17.2 Å². The van der Waals surface area contributed by atoms with Crippen LogP contribution in [0, 0.1) is 18.3 Å². The van der Waals surface area contributed by atoms with Crippen LogP contribution in [0.25, 0.3) is 11.1 Å². The van der Waals surface area contributed by atoms with Gasteiger partial charge in [-0.25, -0.2) is 0 Å². The number of likely N-dealkylation sites (N-methyl/N-ethyl adjacent to an activating group) is 1. The second-order valence-corrected chi connectivity index (χ2v) is 9.55. The summed E-state index contributed by atoms with van der Waals surface area (Å²) in [5.41, 5.74) is 7.64. The minimum atomic E-state index is 0.726. The number of aryl methyl sites for hydroxylation is 1. The molecule has 1 saturated carbocycles. The molecule has 2 unspecified atom stereocenters. The van der Waals surface area contributed by atoms with Gasteiger partial charge in [0.1, 0.15) is 0 Å². The van der Waals surface area contributed by atoms with E-state index >= 15 is 0 Å². The van der Waals surface area contributed by atoms with Gasteiger partial charge in [-0.05, 0) is 66.0 Å². The number of nitriles is 1. The number of hydrogen-bond acceptors (Lipinski definition) is 2. The standard InChI is InChI=1S/C25H30N3.C2H6/c1-17-12-20(8-9-21(17)14-26)24-5-3-4-18(25(24)19-6-7-19)10-11-28(2)15-22-13-23(16-28)27-22;1-2/h3-5,8-9,12,19,22-23,27H,6-7,10-11,13,15-16H2,1-2H3;1-2H3/q+1;. The molecule has 2 aromatic rings. The molecule has 0 aromatic heterocycles. The lowest BCUT2D eigenvalue weighted by molar-refractivity contribution is -0.921. The van der Waals surface area contributed by atoms with E-state index in [0.29, 0.717) is 0 Å². The summed E-state index contributed by atoms with van der Waals surface area (Å²) >= 11 is 0. The Morgan fingerprint density at radius 1 is 1.10 bits per heavy atom. The van der Waals surface area contributed by atoms with E-state index in [1.165, 1.54) is 60.9 Å². The van der Waals surface area contributed by atoms with Crippen molar-refractivity contribution in [2.75, 3.05) is 26.7 Å². The summed E-state index contributed by atoms with van der Waals surface area (Å²) in [6.45, 7) is 9.85. The molecule has 4 aliphatic rings. The zero-order chi connectivity index (χ0) is 21.3. The Kier molecular flexibility index (Phi) is 6.00. The number of benzene rings is 2. The zero-order valence-corrected chi connectivity index (χ0v) is 19.0. The highest BCUT2D eigenvalue weighted by molar-refractivity contribution is 5.71. The van der Waals surface area contributed by atoms with E-state index in [4.69, 9.17) is 0 Å². The zero-order valence-electron chi connectivity index (χ0n) is 19.0. The van der Waals surface area contributed by atoms with E-state index in [-0.39, 0.29) is 0 Å². The van der Waals surface area contributed by atoms with Gasteiger partial charge in [0.2, 0.25) is 0 Å². The fraction of sp³-hybridized carbons (Fsp3) is 0.519. The van der Waals surface area contributed by atoms with Crippen molar-refractivity contribution < 1.29 is 4.48 Å². The molecule has 3 saturated heterocycles. The average molecular weight is 403 g/mol. The number of piperidine rings is 1. The first-order valence-corrected chi connectivity index (χ1v) is 11.8. The van der Waals surface area contributed by atoms with Gasteiger partial charge >= 0.3 is 0 Å². The van der Waals surface area contributed by atoms with Gasteiger partial charge in [-0.3, -0.25) is 0 Å². The molecule has 0 spiro atoms. The Bertz CT molecular complexity index is 935. The second kappa shape index (κ2) is 8.53. The Hall–Kier alpha value is -2.15. The van der Waals surface area contributed by atoms with Crippen LogP contribution in [0.5, 0.6) is 0 Å². The summed E-state index contributed by atoms with van der Waals surface area (Å²) in [4.78, 5) is 0. The normalized spacial score (nSPS) is 26.8. The smallest absolute Gasteiger partial charge is 0.0994 e. The van der Waals surface area contributed by atoms with Crippen molar-refractivity contribution in [3.05, 3.63) is 58.7 Å². The first-order chi connectivity index (χ1) is 14.5. The van der Waals surface area contributed by atoms with E-state index in [9.17, 15) is 5.26 Å². The molecule has 3 aliphatic heterocycles. The van der Waals surface area contributed by atoms with Crippen molar-refractivity contribution in [1.29, 1.82) is 5.26 Å². The van der Waals surface area contributed by atoms with E-state index in [0.717, 1.165) is 29.1 Å². The third-order valence-electron chi connectivity index (χ3n) is 7.12. The number of fused-ring (bicyclic) bond motifs is 2. The summed E-state index contributed by atoms with van der Waals surface area (Å²) in [6.07, 6.45) is 5.19. The topological polar surface area (TPSA) is 35.8 Å². The summed E-state index contributed by atoms with van der Waals surface area (Å²) < 4.78 is 1.21. The third-order valence-corrected chi connectivity index (χ3v) is 7.12. The predicted molar refractivity (Wildman–Crippen MR) is 124 cm³/mol. The van der Waals surface area contributed by atoms with Gasteiger partial charge in [-0.15, -0.1) is 0 Å². The maximum atomic E-state index is 9.26. The lowest BCUT2D eigenvalue weighted by Crippen LogP contribution is -2.73. The van der Waals surface area contributed by atoms with Crippen LogP contribution >= 0.6 is 0 Å². The highest BCUT2D eigenvalue weighted by Crippen LogP contribution is 2.46. The highest BCUT2D eigenvalue weighted by atomic mass is 15.4. The molecule has 3 heterocycles. The van der Waals surface area contributed by atoms with Crippen LogP contribution in [0.2, 0.25) is 0 Å². The van der Waals surface area contributed by atoms with Crippen LogP contribution < -0.4 is 5.32 Å². The maximum absolute atomic E-state index is 9.26. The number of hydrogen-bond donors (Lipinski definition) is 1. The van der Waals surface area contributed by atoms with Crippen LogP contribution in [0.1, 0.15) is 61.3 Å². The van der Waals surface area contributed by atoms with Crippen molar-refractivity contribution in [3.63, 3.8) is 0 Å². The fourth-order valence-electron chi connectivity index (χ4n) is 5.51. The molecular formula is C27H36N3+. The van der Waals surface area contributed by atoms with Crippen LogP contribution in [-0.2, 0) is 6.42 Å². The molecule has 4 fully saturated rings. The quantitative estimate of drug-likeness (QED) is 0.700. The highest BCUT2D eigenvalue weighted by Gasteiger charge is 2.44. The summed E-state index contributed by atoms with van der Waals surface area (Å²) in [5.74, 6) is 0.726. The van der Waals surface area contributed by atoms with Crippen molar-refractivity contribution in [2.24, 2.45) is 0 Å². The third kappa shape index (κ3) is 4.17. The first-order valence-electron chi connectivity index (χ1n) is 11.8. The Labute approximate surface area is 182 Å². The van der Waals surface area contributed by atoms with Crippen molar-refractivity contribution in [2.45, 2.75) is 64.5 Å². The largest absolute Gasteiger partial charge is 0.323 e. The molecule has 0 amide bonds. The van der Waals surface area contributed by atoms with E-state index < -0.39 is 0 Å². The molecule has 30 heavy (non-hydrogen) atoms. The van der Waals surface area contributed by atoms with E-state index in [1.54, 1.807) is 11.1 Å². The molecule has 3 heteroatoms. The van der Waals surface area contributed by atoms with Gasteiger partial charge in [0.15, 0.2) is 0 Å². The van der Waals surface area contributed by atoms with Gasteiger partial charge in [0.25, 0.3) is 0 Å². The SMILES string of the molecule is CC.Cc1cc(-c2cccc(CC[N+]3(C)CC4CC(C3)N4)c2C2CC2)ccc1C#N. The minimum Gasteiger partial charge on any atom is -0.323 e. The number of quaternary nitrogens is 1. The van der Waals surface area contributed by atoms with Gasteiger partial charge in [-0.2, -0.15) is 5.26 Å². The number of nitrogens with zero attached hydrogens (tertiary/aromatic N) is 2. The van der Waals surface area contributed by atoms with E-state index in [1.807, 2.05) is 26.8 Å². The molecule has 0 radical (unpaired) electrons. The predicted octanol–water partition coefficient (Wildman–Crippen LogP) is 5.17. The number of nitrogens with one attached hydrogen (secondary N) is 1. The summed E-state index contributed by atoms with van der Waals surface area (Å²) in [7, 11) is 2.45. The Balaban J connectivity index is 0.00000106. The molecule has 2 bridgehead atoms. The van der Waals surface area contributed by atoms with Gasteiger partial charge < -0.3 is 9.80 Å². The molecule has 1 aliphatic carbocycles. The van der Waals surface area contributed by atoms with E-state index in [2.05, 4.69) is 48.8 Å². The van der Waals surface area contributed by atoms with Crippen LogP contribution in [0.15, 0.2) is 36.4 Å². The minimum absolute atomic E-state index is 0.726. The summed E-state index contributed by atoms with van der Waals surface area (Å²) in [6, 6.07) is 17.0. The maximum Gasteiger partial charge on any atom is 0.0994 e. The van der Waals surface area contributed by atoms with Gasteiger partial charge in [0, 0.05) is 6.42 Å². The molecular weight excluding hydrogens is 366 g/mol. The second-order valence-electron chi connectivity index (χ2n) is 9.55. The van der Waals surface area contributed by atoms with Gasteiger partial charge in [-0.1, -0.05) is 44.2 Å². The fourth-order valence-corrected chi connectivity index (χ4v) is 5.51. The monoisotopic (exact) mass is 402 g/mol. The summed E-state index contributed by atoms with van der Waals surface area (Å²) in [5, 5.41) is 12.9. The number of rotatable bonds is 5. The lowest BCUT2D eigenvalue weighted by atomic mass is 9.87. The van der Waals surface area contributed by atoms with Gasteiger partial charge in [0.05, 0.1) is 50.4 Å². The lowest BCUT2D eigenvalue weighted by Gasteiger charge is -2.52. The average Bonchev–Trinajstić information content (AvgIpc) is 3.58. The molecule has 158 valence electrons.